The molecule has 1 unspecified atom stereocenters. The first-order chi connectivity index (χ1) is 9.54. The van der Waals surface area contributed by atoms with Crippen molar-refractivity contribution in [2.45, 2.75) is 39.7 Å². The molecule has 0 heterocycles. The third-order valence-corrected chi connectivity index (χ3v) is 6.77. The second-order valence-electron chi connectivity index (χ2n) is 4.80. The molecule has 0 bridgehead atoms. The van der Waals surface area contributed by atoms with E-state index < -0.39 is 7.87 Å². The lowest BCUT2D eigenvalue weighted by Gasteiger charge is -2.26. The van der Waals surface area contributed by atoms with Gasteiger partial charge in [0, 0.05) is 19.3 Å². The van der Waals surface area contributed by atoms with Gasteiger partial charge in [-0.05, 0) is 37.8 Å². The van der Waals surface area contributed by atoms with Crippen LogP contribution in [0.2, 0.25) is 6.04 Å². The van der Waals surface area contributed by atoms with Gasteiger partial charge in [-0.25, -0.2) is 0 Å². The Kier molecular flexibility index (Phi) is 7.52. The average molecular weight is 313 g/mol. The maximum absolute atomic E-state index is 6.57. The van der Waals surface area contributed by atoms with Crippen molar-refractivity contribution < 1.29 is 8.85 Å². The van der Waals surface area contributed by atoms with E-state index in [2.05, 4.69) is 37.3 Å². The van der Waals surface area contributed by atoms with Gasteiger partial charge in [0.1, 0.15) is 0 Å². The van der Waals surface area contributed by atoms with E-state index in [1.165, 1.54) is 11.1 Å². The monoisotopic (exact) mass is 312 g/mol. The van der Waals surface area contributed by atoms with E-state index in [1.807, 2.05) is 26.8 Å². The van der Waals surface area contributed by atoms with Crippen molar-refractivity contribution in [3.63, 3.8) is 0 Å². The molecule has 0 fully saturated rings. The van der Waals surface area contributed by atoms with Gasteiger partial charge in [0.25, 0.3) is 0 Å². The molecule has 0 N–H and O–H groups in total. The van der Waals surface area contributed by atoms with Gasteiger partial charge in [-0.2, -0.15) is 0 Å². The lowest BCUT2D eigenvalue weighted by molar-refractivity contribution is 0.201. The number of benzene rings is 1. The van der Waals surface area contributed by atoms with Crippen LogP contribution in [0.3, 0.4) is 0 Å². The summed E-state index contributed by atoms with van der Waals surface area (Å²) < 4.78 is 11.4. The van der Waals surface area contributed by atoms with Gasteiger partial charge in [-0.1, -0.05) is 54.4 Å². The van der Waals surface area contributed by atoms with Gasteiger partial charge < -0.3 is 8.85 Å². The van der Waals surface area contributed by atoms with Crippen LogP contribution >= 0.6 is 11.1 Å². The fourth-order valence-corrected chi connectivity index (χ4v) is 5.73. The molecule has 0 aliphatic heterocycles. The van der Waals surface area contributed by atoms with Crippen LogP contribution < -0.4 is 0 Å². The Balaban J connectivity index is 2.82. The van der Waals surface area contributed by atoms with Gasteiger partial charge in [-0.3, -0.25) is 0 Å². The third kappa shape index (κ3) is 5.41. The summed E-state index contributed by atoms with van der Waals surface area (Å²) in [6, 6.07) is 9.29. The highest BCUT2D eigenvalue weighted by atomic mass is 35.6. The molecule has 0 aliphatic rings. The van der Waals surface area contributed by atoms with E-state index in [4.69, 9.17) is 19.9 Å². The summed E-state index contributed by atoms with van der Waals surface area (Å²) in [6.07, 6.45) is 4.15. The standard InChI is InChI=1S/C16H25ClO2Si/c1-5-9-15-10-8-11-16(12-15)14(4)13-20(17,18-6-2)19-7-3/h5,8-12,14H,6-7,13H2,1-4H3/b9-5+. The molecule has 0 spiro atoms. The summed E-state index contributed by atoms with van der Waals surface area (Å²) in [5.74, 6) is 0.322. The average Bonchev–Trinajstić information content (AvgIpc) is 2.39. The Morgan fingerprint density at radius 3 is 2.45 bits per heavy atom. The first-order valence-electron chi connectivity index (χ1n) is 7.24. The quantitative estimate of drug-likeness (QED) is 0.492. The van der Waals surface area contributed by atoms with E-state index in [1.54, 1.807) is 0 Å². The smallest absolute Gasteiger partial charge is 0.383 e. The van der Waals surface area contributed by atoms with Gasteiger partial charge in [-0.15, -0.1) is 0 Å². The summed E-state index contributed by atoms with van der Waals surface area (Å²) in [5.41, 5.74) is 2.49. The summed E-state index contributed by atoms with van der Waals surface area (Å²) in [6.45, 7) is 9.32. The zero-order valence-corrected chi connectivity index (χ0v) is 14.6. The number of halogens is 1. The second kappa shape index (κ2) is 8.62. The maximum Gasteiger partial charge on any atom is 0.443 e. The Morgan fingerprint density at radius 1 is 1.25 bits per heavy atom. The largest absolute Gasteiger partial charge is 0.443 e. The topological polar surface area (TPSA) is 18.5 Å². The van der Waals surface area contributed by atoms with E-state index >= 15 is 0 Å². The maximum atomic E-state index is 6.57. The van der Waals surface area contributed by atoms with Crippen LogP contribution in [-0.4, -0.2) is 21.1 Å². The normalized spacial score (nSPS) is 13.8. The van der Waals surface area contributed by atoms with Crippen LogP contribution in [0.4, 0.5) is 0 Å². The molecule has 1 aromatic rings. The number of hydrogen-bond acceptors (Lipinski definition) is 2. The number of hydrogen-bond donors (Lipinski definition) is 0. The minimum Gasteiger partial charge on any atom is -0.383 e. The van der Waals surface area contributed by atoms with Crippen molar-refractivity contribution >= 4 is 25.0 Å². The van der Waals surface area contributed by atoms with Crippen LogP contribution in [0.25, 0.3) is 6.08 Å². The molecule has 0 aliphatic carbocycles. The molecular weight excluding hydrogens is 288 g/mol. The van der Waals surface area contributed by atoms with Crippen molar-refractivity contribution in [3.8, 4) is 0 Å². The zero-order chi connectivity index (χ0) is 15.0. The van der Waals surface area contributed by atoms with Gasteiger partial charge in [0.05, 0.1) is 0 Å². The third-order valence-electron chi connectivity index (χ3n) is 3.11. The fourth-order valence-electron chi connectivity index (χ4n) is 2.24. The zero-order valence-electron chi connectivity index (χ0n) is 12.9. The Morgan fingerprint density at radius 2 is 1.90 bits per heavy atom. The van der Waals surface area contributed by atoms with E-state index in [9.17, 15) is 0 Å². The van der Waals surface area contributed by atoms with E-state index in [-0.39, 0.29) is 0 Å². The highest BCUT2D eigenvalue weighted by Crippen LogP contribution is 2.30. The second-order valence-corrected chi connectivity index (χ2v) is 8.83. The first kappa shape index (κ1) is 17.4. The summed E-state index contributed by atoms with van der Waals surface area (Å²) in [7, 11) is -2.58. The molecule has 1 rings (SSSR count). The lowest BCUT2D eigenvalue weighted by atomic mass is 10.0. The first-order valence-corrected chi connectivity index (χ1v) is 10.3. The highest BCUT2D eigenvalue weighted by molar-refractivity contribution is 7.13. The van der Waals surface area contributed by atoms with Crippen molar-refractivity contribution in [3.05, 3.63) is 41.5 Å². The molecule has 4 heteroatoms. The van der Waals surface area contributed by atoms with Crippen LogP contribution in [0.1, 0.15) is 44.7 Å². The summed E-state index contributed by atoms with van der Waals surface area (Å²) >= 11 is 6.57. The summed E-state index contributed by atoms with van der Waals surface area (Å²) in [5, 5.41) is 0. The van der Waals surface area contributed by atoms with Crippen molar-refractivity contribution in [1.82, 2.24) is 0 Å². The van der Waals surface area contributed by atoms with Crippen molar-refractivity contribution in [2.75, 3.05) is 13.2 Å². The van der Waals surface area contributed by atoms with Crippen molar-refractivity contribution in [1.29, 1.82) is 0 Å². The predicted molar refractivity (Wildman–Crippen MR) is 89.2 cm³/mol. The van der Waals surface area contributed by atoms with Gasteiger partial charge >= 0.3 is 7.87 Å². The molecule has 0 radical (unpaired) electrons. The summed E-state index contributed by atoms with van der Waals surface area (Å²) in [4.78, 5) is 0. The van der Waals surface area contributed by atoms with Crippen LogP contribution in [0.5, 0.6) is 0 Å². The molecule has 0 aromatic heterocycles. The van der Waals surface area contributed by atoms with Crippen LogP contribution in [-0.2, 0) is 8.85 Å². The predicted octanol–water partition coefficient (Wildman–Crippen LogP) is 5.07. The minimum atomic E-state index is -2.58. The van der Waals surface area contributed by atoms with Gasteiger partial charge in [0.2, 0.25) is 0 Å². The molecular formula is C16H25ClO2Si. The molecule has 2 nitrogen and oxygen atoms in total. The molecule has 0 saturated carbocycles. The highest BCUT2D eigenvalue weighted by Gasteiger charge is 2.37. The number of allylic oxidation sites excluding steroid dienone is 1. The van der Waals surface area contributed by atoms with Crippen molar-refractivity contribution in [2.24, 2.45) is 0 Å². The fraction of sp³-hybridized carbons (Fsp3) is 0.500. The molecule has 1 atom stereocenters. The van der Waals surface area contributed by atoms with Crippen LogP contribution in [0.15, 0.2) is 30.3 Å². The molecule has 112 valence electrons. The Hall–Kier alpha value is -0.613. The lowest BCUT2D eigenvalue weighted by Crippen LogP contribution is -2.37. The van der Waals surface area contributed by atoms with Crippen LogP contribution in [0, 0.1) is 0 Å². The van der Waals surface area contributed by atoms with E-state index in [0.717, 1.165) is 6.04 Å². The molecule has 0 saturated heterocycles. The SMILES string of the molecule is C/C=C/c1cccc(C(C)C[Si](Cl)(OCC)OCC)c1. The van der Waals surface area contributed by atoms with E-state index in [0.29, 0.717) is 19.1 Å². The molecule has 1 aromatic carbocycles. The Bertz CT molecular complexity index is 428. The molecule has 20 heavy (non-hydrogen) atoms. The van der Waals surface area contributed by atoms with Gasteiger partial charge in [0.15, 0.2) is 0 Å². The Labute approximate surface area is 128 Å². The molecule has 0 amide bonds. The number of rotatable bonds is 8. The minimum absolute atomic E-state index is 0.322.